The highest BCUT2D eigenvalue weighted by molar-refractivity contribution is 5.96. The van der Waals surface area contributed by atoms with E-state index >= 15 is 0 Å². The van der Waals surface area contributed by atoms with Crippen LogP contribution in [0.2, 0.25) is 0 Å². The van der Waals surface area contributed by atoms with Gasteiger partial charge in [0.05, 0.1) is 11.5 Å². The van der Waals surface area contributed by atoms with Gasteiger partial charge in [0.2, 0.25) is 0 Å². The predicted molar refractivity (Wildman–Crippen MR) is 111 cm³/mol. The zero-order valence-corrected chi connectivity index (χ0v) is 16.7. The fourth-order valence-electron chi connectivity index (χ4n) is 4.50. The molecule has 1 saturated heterocycles. The van der Waals surface area contributed by atoms with Crippen LogP contribution in [0.1, 0.15) is 28.4 Å². The number of rotatable bonds is 6. The summed E-state index contributed by atoms with van der Waals surface area (Å²) >= 11 is 0. The number of likely N-dealkylation sites (tertiary alicyclic amines) is 1. The number of hydrogen-bond donors (Lipinski definition) is 1. The minimum atomic E-state index is -0.487. The Balaban J connectivity index is 1.56. The number of carbonyl (C=O) groups excluding carboxylic acids is 1. The van der Waals surface area contributed by atoms with Gasteiger partial charge in [-0.25, -0.2) is 0 Å². The van der Waals surface area contributed by atoms with Crippen LogP contribution in [0.4, 0.5) is 11.4 Å². The number of ether oxygens (including phenoxy) is 1. The second kappa shape index (κ2) is 8.27. The molecule has 2 aromatic rings. The highest BCUT2D eigenvalue weighted by Gasteiger charge is 2.36. The minimum Gasteiger partial charge on any atom is -0.383 e. The number of anilines is 1. The fourth-order valence-corrected chi connectivity index (χ4v) is 4.50. The van der Waals surface area contributed by atoms with Crippen molar-refractivity contribution in [3.05, 3.63) is 68.1 Å². The Bertz CT molecular complexity index is 1030. The number of aromatic nitrogens is 1. The quantitative estimate of drug-likeness (QED) is 0.442. The van der Waals surface area contributed by atoms with Crippen LogP contribution < -0.4 is 10.9 Å². The lowest BCUT2D eigenvalue weighted by Gasteiger charge is -2.42. The van der Waals surface area contributed by atoms with Gasteiger partial charge in [-0.15, -0.1) is 0 Å². The first-order chi connectivity index (χ1) is 14.5. The van der Waals surface area contributed by atoms with E-state index in [4.69, 9.17) is 4.74 Å². The average molecular weight is 412 g/mol. The Kier molecular flexibility index (Phi) is 5.54. The van der Waals surface area contributed by atoms with Crippen LogP contribution >= 0.6 is 0 Å². The Labute approximate surface area is 173 Å². The van der Waals surface area contributed by atoms with Crippen molar-refractivity contribution in [1.82, 2.24) is 9.47 Å². The van der Waals surface area contributed by atoms with Gasteiger partial charge in [0, 0.05) is 62.6 Å². The molecule has 0 saturated carbocycles. The second-order valence-electron chi connectivity index (χ2n) is 7.82. The topological polar surface area (TPSA) is 107 Å². The summed E-state index contributed by atoms with van der Waals surface area (Å²) in [6.45, 7) is 2.48. The lowest BCUT2D eigenvalue weighted by atomic mass is 9.83. The smallest absolute Gasteiger partial charge is 0.293 e. The van der Waals surface area contributed by atoms with E-state index in [9.17, 15) is 19.7 Å². The summed E-state index contributed by atoms with van der Waals surface area (Å²) < 4.78 is 6.77. The van der Waals surface area contributed by atoms with Gasteiger partial charge in [-0.05, 0) is 30.5 Å². The molecule has 0 aliphatic carbocycles. The van der Waals surface area contributed by atoms with E-state index in [1.54, 1.807) is 36.3 Å². The van der Waals surface area contributed by atoms with Crippen LogP contribution in [-0.4, -0.2) is 53.6 Å². The summed E-state index contributed by atoms with van der Waals surface area (Å²) in [7, 11) is 1.56. The molecular formula is C21H24N4O5. The molecule has 158 valence electrons. The number of nitro benzene ring substituents is 1. The highest BCUT2D eigenvalue weighted by Crippen LogP contribution is 2.36. The van der Waals surface area contributed by atoms with Crippen molar-refractivity contribution in [2.45, 2.75) is 18.9 Å². The molecule has 9 heteroatoms. The summed E-state index contributed by atoms with van der Waals surface area (Å²) in [6.07, 6.45) is 0.940. The highest BCUT2D eigenvalue weighted by atomic mass is 16.6. The van der Waals surface area contributed by atoms with E-state index in [0.717, 1.165) is 12.1 Å². The van der Waals surface area contributed by atoms with Gasteiger partial charge in [0.25, 0.3) is 17.2 Å². The molecule has 30 heavy (non-hydrogen) atoms. The van der Waals surface area contributed by atoms with Crippen LogP contribution in [0.3, 0.4) is 0 Å². The number of hydrogen-bond acceptors (Lipinski definition) is 6. The lowest BCUT2D eigenvalue weighted by molar-refractivity contribution is -0.384. The molecule has 2 atom stereocenters. The largest absolute Gasteiger partial charge is 0.383 e. The van der Waals surface area contributed by atoms with Crippen molar-refractivity contribution in [1.29, 1.82) is 0 Å². The first-order valence-corrected chi connectivity index (χ1v) is 9.98. The number of carbonyl (C=O) groups is 1. The standard InChI is InChI=1S/C21H24N4O5/c1-30-8-7-22-17-6-5-15(10-19(17)25(28)29)21(27)23-11-14-9-16(13-23)18-3-2-4-20(26)24(18)12-14/h2-6,10,14,16,22H,7-9,11-13H2,1H3. The molecule has 2 bridgehead atoms. The van der Waals surface area contributed by atoms with E-state index in [1.807, 2.05) is 10.6 Å². The van der Waals surface area contributed by atoms with Crippen LogP contribution in [0.5, 0.6) is 0 Å². The molecule has 1 aromatic heterocycles. The molecule has 1 fully saturated rings. The Morgan fingerprint density at radius 1 is 1.27 bits per heavy atom. The first kappa shape index (κ1) is 20.1. The van der Waals surface area contributed by atoms with Crippen molar-refractivity contribution >= 4 is 17.3 Å². The molecule has 2 aliphatic rings. The van der Waals surface area contributed by atoms with Gasteiger partial charge >= 0.3 is 0 Å². The number of fused-ring (bicyclic) bond motifs is 4. The molecule has 2 unspecified atom stereocenters. The molecule has 4 rings (SSSR count). The third kappa shape index (κ3) is 3.80. The number of benzene rings is 1. The maximum Gasteiger partial charge on any atom is 0.293 e. The molecule has 1 aromatic carbocycles. The van der Waals surface area contributed by atoms with Crippen molar-refractivity contribution < 1.29 is 14.5 Å². The zero-order valence-electron chi connectivity index (χ0n) is 16.7. The van der Waals surface area contributed by atoms with Gasteiger partial charge in [-0.1, -0.05) is 6.07 Å². The Morgan fingerprint density at radius 3 is 2.87 bits per heavy atom. The molecule has 3 heterocycles. The van der Waals surface area contributed by atoms with Crippen LogP contribution in [0.15, 0.2) is 41.2 Å². The van der Waals surface area contributed by atoms with Crippen molar-refractivity contribution in [2.75, 3.05) is 38.7 Å². The second-order valence-corrected chi connectivity index (χ2v) is 7.82. The SMILES string of the molecule is COCCNc1ccc(C(=O)N2CC3CC(C2)c2cccc(=O)n2C3)cc1[N+](=O)[O-]. The number of nitrogens with one attached hydrogen (secondary N) is 1. The summed E-state index contributed by atoms with van der Waals surface area (Å²) in [4.78, 5) is 38.1. The molecule has 2 aliphatic heterocycles. The van der Waals surface area contributed by atoms with Gasteiger partial charge in [-0.3, -0.25) is 19.7 Å². The number of amides is 1. The van der Waals surface area contributed by atoms with Crippen molar-refractivity contribution in [3.63, 3.8) is 0 Å². The monoisotopic (exact) mass is 412 g/mol. The van der Waals surface area contributed by atoms with Gasteiger partial charge in [0.15, 0.2) is 0 Å². The van der Waals surface area contributed by atoms with Gasteiger partial charge in [-0.2, -0.15) is 0 Å². The molecule has 0 radical (unpaired) electrons. The van der Waals surface area contributed by atoms with Gasteiger partial charge < -0.3 is 19.5 Å². The Hall–Kier alpha value is -3.20. The van der Waals surface area contributed by atoms with Crippen molar-refractivity contribution in [3.8, 4) is 0 Å². The van der Waals surface area contributed by atoms with E-state index in [-0.39, 0.29) is 29.0 Å². The summed E-state index contributed by atoms with van der Waals surface area (Å²) in [5, 5.41) is 14.5. The molecule has 9 nitrogen and oxygen atoms in total. The third-order valence-electron chi connectivity index (χ3n) is 5.83. The fraction of sp³-hybridized carbons (Fsp3) is 0.429. The average Bonchev–Trinajstić information content (AvgIpc) is 2.74. The van der Waals surface area contributed by atoms with Crippen LogP contribution in [0.25, 0.3) is 0 Å². The summed E-state index contributed by atoms with van der Waals surface area (Å²) in [6, 6.07) is 9.79. The number of pyridine rings is 1. The van der Waals surface area contributed by atoms with Crippen LogP contribution in [0, 0.1) is 16.0 Å². The van der Waals surface area contributed by atoms with E-state index in [0.29, 0.717) is 44.0 Å². The molecule has 1 amide bonds. The van der Waals surface area contributed by atoms with Crippen molar-refractivity contribution in [2.24, 2.45) is 5.92 Å². The maximum absolute atomic E-state index is 13.2. The Morgan fingerprint density at radius 2 is 2.10 bits per heavy atom. The summed E-state index contributed by atoms with van der Waals surface area (Å²) in [5.41, 5.74) is 1.47. The first-order valence-electron chi connectivity index (χ1n) is 9.98. The molecule has 1 N–H and O–H groups in total. The van der Waals surface area contributed by atoms with E-state index < -0.39 is 4.92 Å². The minimum absolute atomic E-state index is 0.00540. The van der Waals surface area contributed by atoms with E-state index in [2.05, 4.69) is 5.32 Å². The van der Waals surface area contributed by atoms with Gasteiger partial charge in [0.1, 0.15) is 5.69 Å². The summed E-state index contributed by atoms with van der Waals surface area (Å²) in [5.74, 6) is 0.0774. The lowest BCUT2D eigenvalue weighted by Crippen LogP contribution is -2.49. The number of methoxy groups -OCH3 is 1. The number of nitro groups is 1. The molecule has 0 spiro atoms. The normalized spacial score (nSPS) is 19.8. The third-order valence-corrected chi connectivity index (χ3v) is 5.83. The van der Waals surface area contributed by atoms with E-state index in [1.165, 1.54) is 6.07 Å². The number of nitrogens with zero attached hydrogens (tertiary/aromatic N) is 3. The zero-order chi connectivity index (χ0) is 21.3. The molecular weight excluding hydrogens is 388 g/mol. The predicted octanol–water partition coefficient (Wildman–Crippen LogP) is 2.07. The van der Waals surface area contributed by atoms with Crippen LogP contribution in [-0.2, 0) is 11.3 Å². The maximum atomic E-state index is 13.2. The number of piperidine rings is 1.